The molecule has 0 aliphatic carbocycles. The van der Waals surface area contributed by atoms with Gasteiger partial charge in [0.1, 0.15) is 54.6 Å². The largest absolute Gasteiger partial charge is 0.483 e. The first-order valence-corrected chi connectivity index (χ1v) is 13.7. The molecule has 0 saturated carbocycles. The Morgan fingerprint density at radius 2 is 1.61 bits per heavy atom. The van der Waals surface area contributed by atoms with Crippen molar-refractivity contribution in [2.24, 2.45) is 0 Å². The van der Waals surface area contributed by atoms with Gasteiger partial charge in [0.15, 0.2) is 24.0 Å². The molecular formula is C16H25N5O15P2. The number of aliphatic hydroxyl groups is 6. The third-order valence-electron chi connectivity index (χ3n) is 5.69. The quantitative estimate of drug-likeness (QED) is 0.126. The predicted octanol–water partition coefficient (Wildman–Crippen LogP) is -3.92. The van der Waals surface area contributed by atoms with Gasteiger partial charge in [0.05, 0.1) is 19.5 Å². The van der Waals surface area contributed by atoms with Crippen LogP contribution in [0.1, 0.15) is 6.23 Å². The van der Waals surface area contributed by atoms with E-state index in [9.17, 15) is 44.4 Å². The Labute approximate surface area is 212 Å². The smallest absolute Gasteiger partial charge is 0.394 e. The van der Waals surface area contributed by atoms with Gasteiger partial charge in [0.2, 0.25) is 0 Å². The molecule has 11 atom stereocenters. The van der Waals surface area contributed by atoms with E-state index in [0.29, 0.717) is 0 Å². The molecule has 4 rings (SSSR count). The fourth-order valence-corrected chi connectivity index (χ4v) is 5.94. The minimum Gasteiger partial charge on any atom is -0.394 e. The van der Waals surface area contributed by atoms with Crippen molar-refractivity contribution in [2.75, 3.05) is 18.9 Å². The van der Waals surface area contributed by atoms with E-state index in [4.69, 9.17) is 20.3 Å². The van der Waals surface area contributed by atoms with Gasteiger partial charge in [-0.05, 0) is 0 Å². The lowest BCUT2D eigenvalue weighted by Crippen LogP contribution is -2.58. The number of ether oxygens (including phenoxy) is 2. The number of hydrogen-bond donors (Lipinski definition) is 9. The summed E-state index contributed by atoms with van der Waals surface area (Å²) in [6, 6.07) is 0. The van der Waals surface area contributed by atoms with Gasteiger partial charge in [-0.15, -0.1) is 0 Å². The number of fused-ring (bicyclic) bond motifs is 1. The van der Waals surface area contributed by atoms with Gasteiger partial charge in [0.25, 0.3) is 0 Å². The van der Waals surface area contributed by atoms with Crippen LogP contribution < -0.4 is 5.73 Å². The maximum atomic E-state index is 12.3. The number of rotatable bonds is 9. The Bertz CT molecular complexity index is 1230. The van der Waals surface area contributed by atoms with Gasteiger partial charge in [-0.1, -0.05) is 0 Å². The summed E-state index contributed by atoms with van der Waals surface area (Å²) in [5.41, 5.74) is 6.05. The van der Waals surface area contributed by atoms with Gasteiger partial charge in [-0.2, -0.15) is 4.31 Å². The molecule has 2 aromatic rings. The second-order valence-electron chi connectivity index (χ2n) is 8.25. The molecule has 20 nitrogen and oxygen atoms in total. The van der Waals surface area contributed by atoms with E-state index in [1.165, 1.54) is 10.9 Å². The Morgan fingerprint density at radius 3 is 2.29 bits per heavy atom. The van der Waals surface area contributed by atoms with Crippen LogP contribution in [-0.2, 0) is 32.0 Å². The maximum absolute atomic E-state index is 12.3. The molecule has 38 heavy (non-hydrogen) atoms. The Hall–Kier alpha value is -1.71. The zero-order valence-electron chi connectivity index (χ0n) is 19.0. The molecule has 0 spiro atoms. The van der Waals surface area contributed by atoms with Crippen molar-refractivity contribution in [1.82, 2.24) is 19.5 Å². The van der Waals surface area contributed by atoms with Crippen LogP contribution in [0.2, 0.25) is 0 Å². The number of anilines is 1. The average Bonchev–Trinajstić information content (AvgIpc) is 3.39. The van der Waals surface area contributed by atoms with Gasteiger partial charge in [-0.3, -0.25) is 13.6 Å². The predicted molar refractivity (Wildman–Crippen MR) is 117 cm³/mol. The van der Waals surface area contributed by atoms with Crippen molar-refractivity contribution in [1.29, 1.82) is 0 Å². The van der Waals surface area contributed by atoms with Crippen molar-refractivity contribution in [3.63, 3.8) is 0 Å². The van der Waals surface area contributed by atoms with Gasteiger partial charge in [-0.25, -0.2) is 24.1 Å². The van der Waals surface area contributed by atoms with Crippen molar-refractivity contribution in [2.45, 2.75) is 55.2 Å². The Balaban J connectivity index is 1.38. The number of hydrogen-bond acceptors (Lipinski definition) is 17. The summed E-state index contributed by atoms with van der Waals surface area (Å²) in [7, 11) is -11.0. The van der Waals surface area contributed by atoms with E-state index >= 15 is 0 Å². The summed E-state index contributed by atoms with van der Waals surface area (Å²) in [6.07, 6.45) is -13.3. The lowest BCUT2D eigenvalue weighted by atomic mass is 10.00. The highest BCUT2D eigenvalue weighted by molar-refractivity contribution is 7.61. The van der Waals surface area contributed by atoms with Crippen molar-refractivity contribution in [3.8, 4) is 0 Å². The van der Waals surface area contributed by atoms with Gasteiger partial charge >= 0.3 is 15.6 Å². The fraction of sp³-hybridized carbons (Fsp3) is 0.688. The lowest BCUT2D eigenvalue weighted by Gasteiger charge is -2.39. The minimum absolute atomic E-state index is 0.0411. The SMILES string of the molecule is Nc1ncnc2c1ncn2[C@@H]1O[C@@H](COP(=O)(O)OP(=O)(O)O[C@H]2O[C@@H](CO)[C@H](O)[C@@H](O)[C@@H]2O)[C@H](O)[C@H]1O. The minimum atomic E-state index is -5.56. The fourth-order valence-electron chi connectivity index (χ4n) is 3.78. The van der Waals surface area contributed by atoms with E-state index in [-0.39, 0.29) is 17.0 Å². The number of phosphoric ester groups is 2. The van der Waals surface area contributed by atoms with Gasteiger partial charge in [0, 0.05) is 0 Å². The van der Waals surface area contributed by atoms with Crippen molar-refractivity contribution in [3.05, 3.63) is 12.7 Å². The number of aromatic nitrogens is 4. The van der Waals surface area contributed by atoms with Crippen LogP contribution in [0.15, 0.2) is 12.7 Å². The molecule has 0 aromatic carbocycles. The zero-order valence-corrected chi connectivity index (χ0v) is 20.7. The number of imidazole rings is 1. The highest BCUT2D eigenvalue weighted by Gasteiger charge is 2.49. The highest BCUT2D eigenvalue weighted by atomic mass is 31.3. The second kappa shape index (κ2) is 11.0. The van der Waals surface area contributed by atoms with Gasteiger partial charge < -0.3 is 55.6 Å². The summed E-state index contributed by atoms with van der Waals surface area (Å²) >= 11 is 0. The van der Waals surface area contributed by atoms with Crippen LogP contribution in [0.25, 0.3) is 11.2 Å². The third-order valence-corrected chi connectivity index (χ3v) is 8.29. The lowest BCUT2D eigenvalue weighted by molar-refractivity contribution is -0.280. The molecule has 214 valence electrons. The summed E-state index contributed by atoms with van der Waals surface area (Å²) < 4.78 is 49.3. The van der Waals surface area contributed by atoms with Crippen LogP contribution >= 0.6 is 15.6 Å². The summed E-state index contributed by atoms with van der Waals surface area (Å²) in [5, 5.41) is 59.2. The van der Waals surface area contributed by atoms with Crippen LogP contribution in [0.3, 0.4) is 0 Å². The summed E-state index contributed by atoms with van der Waals surface area (Å²) in [5.74, 6) is 0.0411. The Morgan fingerprint density at radius 1 is 0.921 bits per heavy atom. The molecule has 2 saturated heterocycles. The number of nitrogens with zero attached hydrogens (tertiary/aromatic N) is 4. The molecule has 0 amide bonds. The van der Waals surface area contributed by atoms with E-state index < -0.39 is 84.1 Å². The molecule has 22 heteroatoms. The molecule has 0 radical (unpaired) electrons. The highest BCUT2D eigenvalue weighted by Crippen LogP contribution is 2.61. The molecule has 4 heterocycles. The summed E-state index contributed by atoms with van der Waals surface area (Å²) in [6.45, 7) is -1.82. The average molecular weight is 589 g/mol. The monoisotopic (exact) mass is 589 g/mol. The number of nitrogen functional groups attached to an aromatic ring is 1. The molecular weight excluding hydrogens is 564 g/mol. The molecule has 2 unspecified atom stereocenters. The first-order chi connectivity index (χ1) is 17.7. The molecule has 2 fully saturated rings. The van der Waals surface area contributed by atoms with E-state index in [1.54, 1.807) is 0 Å². The Kier molecular flexibility index (Phi) is 8.51. The van der Waals surface area contributed by atoms with Crippen LogP contribution in [-0.4, -0.2) is 122 Å². The zero-order chi connectivity index (χ0) is 28.0. The second-order valence-corrected chi connectivity index (χ2v) is 11.2. The molecule has 2 aliphatic heterocycles. The maximum Gasteiger partial charge on any atom is 0.483 e. The molecule has 2 aliphatic rings. The number of aliphatic hydroxyl groups excluding tert-OH is 6. The first-order valence-electron chi connectivity index (χ1n) is 10.7. The first kappa shape index (κ1) is 29.3. The number of nitrogens with two attached hydrogens (primary N) is 1. The molecule has 10 N–H and O–H groups in total. The number of phosphoric acid groups is 2. The third kappa shape index (κ3) is 5.89. The van der Waals surface area contributed by atoms with Crippen LogP contribution in [0.4, 0.5) is 5.82 Å². The topological polar surface area (TPSA) is 312 Å². The van der Waals surface area contributed by atoms with Crippen molar-refractivity contribution >= 4 is 32.6 Å². The van der Waals surface area contributed by atoms with Crippen molar-refractivity contribution < 1.29 is 72.4 Å². The standard InChI is InChI=1S/C16H25N5O15P2/c17-13-7-14(19-3-18-13)21(4-20-7)15-11(26)9(24)6(33-15)2-32-37(28,29)36-38(30,31)35-16-12(27)10(25)8(23)5(1-22)34-16/h3-6,8-12,15-16,22-27H,1-2H2,(H,28,29)(H,30,31)(H2,17,18,19)/t5-,6-,8-,9-,10+,11+,12-,15+,16+/m0/s1. The van der Waals surface area contributed by atoms with E-state index in [1.807, 2.05) is 0 Å². The van der Waals surface area contributed by atoms with E-state index in [2.05, 4.69) is 28.3 Å². The van der Waals surface area contributed by atoms with Crippen LogP contribution in [0.5, 0.6) is 0 Å². The molecule has 0 bridgehead atoms. The molecule has 2 aromatic heterocycles. The van der Waals surface area contributed by atoms with Crippen LogP contribution in [0, 0.1) is 0 Å². The normalized spacial score (nSPS) is 37.2. The summed E-state index contributed by atoms with van der Waals surface area (Å²) in [4.78, 5) is 31.5. The van der Waals surface area contributed by atoms with E-state index in [0.717, 1.165) is 6.33 Å².